The number of aromatic nitrogens is 3. The van der Waals surface area contributed by atoms with E-state index in [1.807, 2.05) is 6.07 Å². The fraction of sp³-hybridized carbons (Fsp3) is 0. The van der Waals surface area contributed by atoms with E-state index >= 15 is 0 Å². The van der Waals surface area contributed by atoms with Crippen molar-refractivity contribution in [1.82, 2.24) is 14.8 Å². The van der Waals surface area contributed by atoms with E-state index in [9.17, 15) is 10.1 Å². The molecule has 0 bridgehead atoms. The Morgan fingerprint density at radius 3 is 2.76 bits per heavy atom. The third-order valence-corrected chi connectivity index (χ3v) is 2.96. The zero-order chi connectivity index (χ0) is 14.8. The molecule has 3 rings (SSSR count). The minimum absolute atomic E-state index is 0.000887. The molecule has 104 valence electrons. The third-order valence-electron chi connectivity index (χ3n) is 2.96. The summed E-state index contributed by atoms with van der Waals surface area (Å²) < 4.78 is 1.51. The van der Waals surface area contributed by atoms with Crippen LogP contribution in [0.5, 0.6) is 0 Å². The maximum atomic E-state index is 10.8. The van der Waals surface area contributed by atoms with E-state index in [1.165, 1.54) is 16.8 Å². The van der Waals surface area contributed by atoms with Gasteiger partial charge in [-0.2, -0.15) is 5.10 Å². The van der Waals surface area contributed by atoms with E-state index in [4.69, 9.17) is 5.73 Å². The van der Waals surface area contributed by atoms with Crippen LogP contribution >= 0.6 is 0 Å². The predicted molar refractivity (Wildman–Crippen MR) is 77.9 cm³/mol. The van der Waals surface area contributed by atoms with Gasteiger partial charge in [0.05, 0.1) is 28.2 Å². The Bertz CT molecular complexity index is 798. The second-order valence-electron chi connectivity index (χ2n) is 4.37. The maximum Gasteiger partial charge on any atom is 0.271 e. The number of nitro benzene ring substituents is 1. The lowest BCUT2D eigenvalue weighted by atomic mass is 10.2. The normalized spacial score (nSPS) is 10.5. The quantitative estimate of drug-likeness (QED) is 0.587. The van der Waals surface area contributed by atoms with E-state index in [0.717, 1.165) is 0 Å². The van der Waals surface area contributed by atoms with Crippen molar-refractivity contribution in [3.8, 4) is 17.1 Å². The summed E-state index contributed by atoms with van der Waals surface area (Å²) in [6.07, 6.45) is 3.27. The highest BCUT2D eigenvalue weighted by molar-refractivity contribution is 5.69. The molecule has 7 heteroatoms. The van der Waals surface area contributed by atoms with E-state index < -0.39 is 4.92 Å². The summed E-state index contributed by atoms with van der Waals surface area (Å²) in [4.78, 5) is 14.6. The number of hydrogen-bond acceptors (Lipinski definition) is 5. The van der Waals surface area contributed by atoms with Crippen LogP contribution in [0.2, 0.25) is 0 Å². The number of rotatable bonds is 3. The van der Waals surface area contributed by atoms with Crippen molar-refractivity contribution in [2.45, 2.75) is 0 Å². The Labute approximate surface area is 119 Å². The van der Waals surface area contributed by atoms with Crippen molar-refractivity contribution in [3.63, 3.8) is 0 Å². The third kappa shape index (κ3) is 2.44. The number of nitrogen functional groups attached to an aromatic ring is 1. The average molecular weight is 281 g/mol. The van der Waals surface area contributed by atoms with Gasteiger partial charge in [0.1, 0.15) is 5.69 Å². The minimum Gasteiger partial charge on any atom is -0.396 e. The topological polar surface area (TPSA) is 99.9 Å². The number of nitrogens with zero attached hydrogens (tertiary/aromatic N) is 4. The molecule has 0 aliphatic carbocycles. The Morgan fingerprint density at radius 2 is 2.05 bits per heavy atom. The molecule has 2 heterocycles. The molecule has 0 unspecified atom stereocenters. The van der Waals surface area contributed by atoms with Gasteiger partial charge in [-0.15, -0.1) is 0 Å². The van der Waals surface area contributed by atoms with Crippen LogP contribution in [0.1, 0.15) is 0 Å². The molecule has 0 saturated heterocycles. The molecule has 0 aliphatic heterocycles. The Kier molecular flexibility index (Phi) is 3.07. The number of pyridine rings is 1. The SMILES string of the molecule is Nc1cn(-c2cccc([N+](=O)[O-])c2)nc1-c1ccccn1. The van der Waals surface area contributed by atoms with E-state index in [-0.39, 0.29) is 5.69 Å². The van der Waals surface area contributed by atoms with Crippen LogP contribution in [0.3, 0.4) is 0 Å². The molecular formula is C14H11N5O2. The summed E-state index contributed by atoms with van der Waals surface area (Å²) in [6, 6.07) is 11.6. The zero-order valence-corrected chi connectivity index (χ0v) is 10.9. The van der Waals surface area contributed by atoms with Crippen LogP contribution in [0.4, 0.5) is 11.4 Å². The Hall–Kier alpha value is -3.22. The molecule has 0 spiro atoms. The minimum atomic E-state index is -0.448. The van der Waals surface area contributed by atoms with Crippen molar-refractivity contribution >= 4 is 11.4 Å². The Morgan fingerprint density at radius 1 is 1.19 bits per heavy atom. The lowest BCUT2D eigenvalue weighted by Crippen LogP contribution is -1.97. The fourth-order valence-corrected chi connectivity index (χ4v) is 1.97. The maximum absolute atomic E-state index is 10.8. The van der Waals surface area contributed by atoms with Gasteiger partial charge in [-0.1, -0.05) is 12.1 Å². The first-order valence-electron chi connectivity index (χ1n) is 6.16. The van der Waals surface area contributed by atoms with Gasteiger partial charge >= 0.3 is 0 Å². The van der Waals surface area contributed by atoms with Crippen LogP contribution in [-0.4, -0.2) is 19.7 Å². The Balaban J connectivity index is 2.05. The van der Waals surface area contributed by atoms with Crippen LogP contribution < -0.4 is 5.73 Å². The van der Waals surface area contributed by atoms with Gasteiger partial charge in [0.15, 0.2) is 0 Å². The molecule has 0 saturated carbocycles. The highest BCUT2D eigenvalue weighted by atomic mass is 16.6. The molecule has 0 amide bonds. The van der Waals surface area contributed by atoms with Crippen LogP contribution in [-0.2, 0) is 0 Å². The molecule has 0 fully saturated rings. The molecule has 0 atom stereocenters. The van der Waals surface area contributed by atoms with Crippen LogP contribution in [0.25, 0.3) is 17.1 Å². The number of non-ortho nitro benzene ring substituents is 1. The highest BCUT2D eigenvalue weighted by Gasteiger charge is 2.12. The summed E-state index contributed by atoms with van der Waals surface area (Å²) >= 11 is 0. The van der Waals surface area contributed by atoms with E-state index in [1.54, 1.807) is 36.7 Å². The van der Waals surface area contributed by atoms with Gasteiger partial charge in [-0.25, -0.2) is 4.68 Å². The van der Waals surface area contributed by atoms with Gasteiger partial charge < -0.3 is 5.73 Å². The highest BCUT2D eigenvalue weighted by Crippen LogP contribution is 2.24. The van der Waals surface area contributed by atoms with Crippen molar-refractivity contribution in [2.24, 2.45) is 0 Å². The largest absolute Gasteiger partial charge is 0.396 e. The zero-order valence-electron chi connectivity index (χ0n) is 10.9. The first kappa shape index (κ1) is 12.8. The summed E-state index contributed by atoms with van der Waals surface area (Å²) in [5.74, 6) is 0. The molecule has 1 aromatic carbocycles. The summed E-state index contributed by atoms with van der Waals surface area (Å²) in [5, 5.41) is 15.2. The average Bonchev–Trinajstić information content (AvgIpc) is 2.90. The summed E-state index contributed by atoms with van der Waals surface area (Å²) in [5.41, 5.74) is 8.17. The van der Waals surface area contributed by atoms with Crippen LogP contribution in [0.15, 0.2) is 54.9 Å². The van der Waals surface area contributed by atoms with Gasteiger partial charge in [0.2, 0.25) is 0 Å². The lowest BCUT2D eigenvalue weighted by Gasteiger charge is -2.00. The molecule has 3 aromatic rings. The van der Waals surface area contributed by atoms with Crippen LogP contribution in [0, 0.1) is 10.1 Å². The molecule has 2 N–H and O–H groups in total. The second-order valence-corrected chi connectivity index (χ2v) is 4.37. The number of hydrogen-bond donors (Lipinski definition) is 1. The van der Waals surface area contributed by atoms with Gasteiger partial charge in [-0.05, 0) is 18.2 Å². The predicted octanol–water partition coefficient (Wildman–Crippen LogP) is 2.42. The number of nitro groups is 1. The van der Waals surface area contributed by atoms with Crippen molar-refractivity contribution in [1.29, 1.82) is 0 Å². The number of nitrogens with two attached hydrogens (primary N) is 1. The molecular weight excluding hydrogens is 270 g/mol. The number of benzene rings is 1. The fourth-order valence-electron chi connectivity index (χ4n) is 1.97. The van der Waals surface area contributed by atoms with Gasteiger partial charge in [0, 0.05) is 18.3 Å². The first-order valence-corrected chi connectivity index (χ1v) is 6.16. The standard InChI is InChI=1S/C14H11N5O2/c15-12-9-18(10-4-3-5-11(8-10)19(20)21)17-14(12)13-6-1-2-7-16-13/h1-9H,15H2. The molecule has 2 aromatic heterocycles. The van der Waals surface area contributed by atoms with E-state index in [0.29, 0.717) is 22.8 Å². The lowest BCUT2D eigenvalue weighted by molar-refractivity contribution is -0.384. The second kappa shape index (κ2) is 5.04. The molecule has 7 nitrogen and oxygen atoms in total. The van der Waals surface area contributed by atoms with Gasteiger partial charge in [0.25, 0.3) is 5.69 Å². The van der Waals surface area contributed by atoms with Gasteiger partial charge in [-0.3, -0.25) is 15.1 Å². The summed E-state index contributed by atoms with van der Waals surface area (Å²) in [6.45, 7) is 0. The summed E-state index contributed by atoms with van der Waals surface area (Å²) in [7, 11) is 0. The van der Waals surface area contributed by atoms with Crippen molar-refractivity contribution in [2.75, 3.05) is 5.73 Å². The monoisotopic (exact) mass is 281 g/mol. The van der Waals surface area contributed by atoms with Crippen molar-refractivity contribution in [3.05, 3.63) is 65.0 Å². The molecule has 21 heavy (non-hydrogen) atoms. The van der Waals surface area contributed by atoms with Crippen molar-refractivity contribution < 1.29 is 4.92 Å². The molecule has 0 aliphatic rings. The smallest absolute Gasteiger partial charge is 0.271 e. The molecule has 0 radical (unpaired) electrons. The van der Waals surface area contributed by atoms with E-state index in [2.05, 4.69) is 10.1 Å². The first-order chi connectivity index (χ1) is 10.1. The number of anilines is 1.